The third-order valence-corrected chi connectivity index (χ3v) is 3.08. The predicted molar refractivity (Wildman–Crippen MR) is 46.3 cm³/mol. The molecule has 64 valence electrons. The van der Waals surface area contributed by atoms with Gasteiger partial charge >= 0.3 is 0 Å². The molecule has 2 heteroatoms. The molecule has 2 aliphatic rings. The van der Waals surface area contributed by atoms with Gasteiger partial charge in [-0.2, -0.15) is 0 Å². The monoisotopic (exact) mass is 154 g/mol. The minimum atomic E-state index is 0.771. The standard InChI is InChI=1S/C9H18N2/c1-7-3-2-4-8-9(5-7)11-6-10-8/h7-11H,2-6H2,1H3. The lowest BCUT2D eigenvalue weighted by molar-refractivity contribution is 0.431. The molecular weight excluding hydrogens is 136 g/mol. The normalized spacial score (nSPS) is 45.0. The van der Waals surface area contributed by atoms with Crippen molar-refractivity contribution in [2.75, 3.05) is 6.67 Å². The summed E-state index contributed by atoms with van der Waals surface area (Å²) in [5.74, 6) is 0.928. The van der Waals surface area contributed by atoms with E-state index in [1.54, 1.807) is 0 Å². The lowest BCUT2D eigenvalue weighted by Gasteiger charge is -2.16. The molecule has 2 rings (SSSR count). The van der Waals surface area contributed by atoms with E-state index in [1.807, 2.05) is 0 Å². The van der Waals surface area contributed by atoms with Crippen molar-refractivity contribution >= 4 is 0 Å². The molecule has 0 amide bonds. The van der Waals surface area contributed by atoms with Gasteiger partial charge in [0.2, 0.25) is 0 Å². The summed E-state index contributed by atoms with van der Waals surface area (Å²) in [7, 11) is 0. The maximum Gasteiger partial charge on any atom is 0.0459 e. The Morgan fingerprint density at radius 1 is 1.09 bits per heavy atom. The first kappa shape index (κ1) is 7.56. The second-order valence-corrected chi connectivity index (χ2v) is 4.07. The molecule has 2 fully saturated rings. The molecular formula is C9H18N2. The lowest BCUT2D eigenvalue weighted by Crippen LogP contribution is -2.32. The SMILES string of the molecule is CC1CCCC2NCNC2C1. The third-order valence-electron chi connectivity index (χ3n) is 3.08. The zero-order valence-corrected chi connectivity index (χ0v) is 7.27. The Kier molecular flexibility index (Phi) is 2.14. The van der Waals surface area contributed by atoms with Crippen molar-refractivity contribution in [3.8, 4) is 0 Å². The molecule has 0 radical (unpaired) electrons. The van der Waals surface area contributed by atoms with Gasteiger partial charge in [0.1, 0.15) is 0 Å². The second-order valence-electron chi connectivity index (χ2n) is 4.07. The van der Waals surface area contributed by atoms with Gasteiger partial charge in [-0.1, -0.05) is 19.8 Å². The van der Waals surface area contributed by atoms with Gasteiger partial charge in [0.25, 0.3) is 0 Å². The van der Waals surface area contributed by atoms with E-state index < -0.39 is 0 Å². The predicted octanol–water partition coefficient (Wildman–Crippen LogP) is 1.08. The Hall–Kier alpha value is -0.0800. The zero-order valence-electron chi connectivity index (χ0n) is 7.27. The van der Waals surface area contributed by atoms with Gasteiger partial charge in [-0.3, -0.25) is 0 Å². The van der Waals surface area contributed by atoms with E-state index in [0.29, 0.717) is 0 Å². The fourth-order valence-electron chi connectivity index (χ4n) is 2.39. The molecule has 0 spiro atoms. The van der Waals surface area contributed by atoms with Crippen LogP contribution in [-0.2, 0) is 0 Å². The molecule has 2 N–H and O–H groups in total. The Labute approximate surface area is 68.7 Å². The van der Waals surface area contributed by atoms with Gasteiger partial charge in [-0.05, 0) is 18.8 Å². The molecule has 0 aromatic heterocycles. The highest BCUT2D eigenvalue weighted by Gasteiger charge is 2.29. The van der Waals surface area contributed by atoms with Crippen molar-refractivity contribution in [2.45, 2.75) is 44.7 Å². The summed E-state index contributed by atoms with van der Waals surface area (Å²) < 4.78 is 0. The molecule has 1 aliphatic carbocycles. The van der Waals surface area contributed by atoms with Gasteiger partial charge in [0, 0.05) is 18.8 Å². The van der Waals surface area contributed by atoms with Crippen LogP contribution in [0.5, 0.6) is 0 Å². The van der Waals surface area contributed by atoms with E-state index in [0.717, 1.165) is 24.7 Å². The summed E-state index contributed by atoms with van der Waals surface area (Å²) in [5, 5.41) is 7.03. The molecule has 0 aromatic carbocycles. The van der Waals surface area contributed by atoms with E-state index in [4.69, 9.17) is 0 Å². The quantitative estimate of drug-likeness (QED) is 0.545. The highest BCUT2D eigenvalue weighted by atomic mass is 15.2. The van der Waals surface area contributed by atoms with Crippen LogP contribution in [0.15, 0.2) is 0 Å². The molecule has 11 heavy (non-hydrogen) atoms. The number of nitrogens with one attached hydrogen (secondary N) is 2. The van der Waals surface area contributed by atoms with Crippen molar-refractivity contribution in [1.29, 1.82) is 0 Å². The van der Waals surface area contributed by atoms with E-state index in [-0.39, 0.29) is 0 Å². The summed E-state index contributed by atoms with van der Waals surface area (Å²) >= 11 is 0. The average molecular weight is 154 g/mol. The highest BCUT2D eigenvalue weighted by Crippen LogP contribution is 2.24. The minimum absolute atomic E-state index is 0.771. The van der Waals surface area contributed by atoms with Crippen LogP contribution < -0.4 is 10.6 Å². The lowest BCUT2D eigenvalue weighted by atomic mass is 10.00. The Morgan fingerprint density at radius 3 is 2.82 bits per heavy atom. The molecule has 1 aliphatic heterocycles. The van der Waals surface area contributed by atoms with Crippen LogP contribution in [0.1, 0.15) is 32.6 Å². The molecule has 1 saturated heterocycles. The number of rotatable bonds is 0. The van der Waals surface area contributed by atoms with Crippen LogP contribution in [0.2, 0.25) is 0 Å². The van der Waals surface area contributed by atoms with Crippen LogP contribution in [0, 0.1) is 5.92 Å². The van der Waals surface area contributed by atoms with E-state index in [1.165, 1.54) is 25.7 Å². The summed E-state index contributed by atoms with van der Waals surface area (Å²) in [4.78, 5) is 0. The highest BCUT2D eigenvalue weighted by molar-refractivity contribution is 4.90. The minimum Gasteiger partial charge on any atom is -0.300 e. The molecule has 1 heterocycles. The third kappa shape index (κ3) is 1.57. The second kappa shape index (κ2) is 3.11. The Morgan fingerprint density at radius 2 is 1.91 bits per heavy atom. The van der Waals surface area contributed by atoms with Crippen LogP contribution in [0.25, 0.3) is 0 Å². The largest absolute Gasteiger partial charge is 0.300 e. The molecule has 0 bridgehead atoms. The van der Waals surface area contributed by atoms with Crippen molar-refractivity contribution in [2.24, 2.45) is 5.92 Å². The summed E-state index contributed by atoms with van der Waals surface area (Å²) in [5.41, 5.74) is 0. The molecule has 1 saturated carbocycles. The smallest absolute Gasteiger partial charge is 0.0459 e. The first-order chi connectivity index (χ1) is 5.36. The van der Waals surface area contributed by atoms with Gasteiger partial charge in [0.15, 0.2) is 0 Å². The van der Waals surface area contributed by atoms with Crippen LogP contribution in [-0.4, -0.2) is 18.8 Å². The summed E-state index contributed by atoms with van der Waals surface area (Å²) in [6.07, 6.45) is 5.59. The van der Waals surface area contributed by atoms with Crippen molar-refractivity contribution < 1.29 is 0 Å². The van der Waals surface area contributed by atoms with E-state index in [2.05, 4.69) is 17.6 Å². The Balaban J connectivity index is 1.98. The van der Waals surface area contributed by atoms with Gasteiger partial charge in [0.05, 0.1) is 0 Å². The van der Waals surface area contributed by atoms with Crippen LogP contribution >= 0.6 is 0 Å². The van der Waals surface area contributed by atoms with Crippen LogP contribution in [0.3, 0.4) is 0 Å². The first-order valence-electron chi connectivity index (χ1n) is 4.83. The molecule has 3 unspecified atom stereocenters. The van der Waals surface area contributed by atoms with E-state index in [9.17, 15) is 0 Å². The number of hydrogen-bond donors (Lipinski definition) is 2. The fraction of sp³-hybridized carbons (Fsp3) is 1.00. The molecule has 2 nitrogen and oxygen atoms in total. The van der Waals surface area contributed by atoms with Crippen molar-refractivity contribution in [3.05, 3.63) is 0 Å². The maximum atomic E-state index is 3.52. The number of fused-ring (bicyclic) bond motifs is 1. The van der Waals surface area contributed by atoms with Gasteiger partial charge < -0.3 is 10.6 Å². The van der Waals surface area contributed by atoms with Gasteiger partial charge in [-0.25, -0.2) is 0 Å². The summed E-state index contributed by atoms with van der Waals surface area (Å²) in [6, 6.07) is 1.55. The number of hydrogen-bond acceptors (Lipinski definition) is 2. The average Bonchev–Trinajstić information content (AvgIpc) is 2.31. The Bertz CT molecular complexity index is 136. The fourth-order valence-corrected chi connectivity index (χ4v) is 2.39. The molecule has 0 aromatic rings. The first-order valence-corrected chi connectivity index (χ1v) is 4.83. The zero-order chi connectivity index (χ0) is 7.68. The maximum absolute atomic E-state index is 3.52. The van der Waals surface area contributed by atoms with Crippen LogP contribution in [0.4, 0.5) is 0 Å². The molecule has 3 atom stereocenters. The topological polar surface area (TPSA) is 24.1 Å². The van der Waals surface area contributed by atoms with Gasteiger partial charge in [-0.15, -0.1) is 0 Å². The summed E-state index contributed by atoms with van der Waals surface area (Å²) in [6.45, 7) is 3.41. The van der Waals surface area contributed by atoms with E-state index >= 15 is 0 Å². The van der Waals surface area contributed by atoms with Crippen molar-refractivity contribution in [3.63, 3.8) is 0 Å². The van der Waals surface area contributed by atoms with Crippen molar-refractivity contribution in [1.82, 2.24) is 10.6 Å².